The van der Waals surface area contributed by atoms with Crippen molar-refractivity contribution in [1.29, 1.82) is 0 Å². The van der Waals surface area contributed by atoms with Crippen LogP contribution in [0.5, 0.6) is 0 Å². The zero-order valence-electron chi connectivity index (χ0n) is 17.9. The number of aromatic amines is 2. The second-order valence-electron chi connectivity index (χ2n) is 7.79. The molecule has 1 saturated heterocycles. The summed E-state index contributed by atoms with van der Waals surface area (Å²) in [6.07, 6.45) is 2.67. The molecule has 2 amide bonds. The lowest BCUT2D eigenvalue weighted by atomic mass is 10.0. The molecule has 4 heterocycles. The first-order chi connectivity index (χ1) is 14.8. The number of H-pyrrole nitrogens is 2. The lowest BCUT2D eigenvalue weighted by Crippen LogP contribution is -2.37. The van der Waals surface area contributed by atoms with Crippen LogP contribution in [-0.4, -0.2) is 73.8 Å². The van der Waals surface area contributed by atoms with E-state index in [1.165, 1.54) is 6.92 Å². The van der Waals surface area contributed by atoms with Crippen LogP contribution in [0.2, 0.25) is 0 Å². The Kier molecular flexibility index (Phi) is 6.57. The van der Waals surface area contributed by atoms with Gasteiger partial charge < -0.3 is 19.9 Å². The van der Waals surface area contributed by atoms with Crippen LogP contribution < -0.4 is 0 Å². The summed E-state index contributed by atoms with van der Waals surface area (Å²) in [5.74, 6) is -0.205. The summed E-state index contributed by atoms with van der Waals surface area (Å²) >= 11 is 0. The molecule has 0 unspecified atom stereocenters. The van der Waals surface area contributed by atoms with Gasteiger partial charge in [0, 0.05) is 37.8 Å². The van der Waals surface area contributed by atoms with E-state index in [9.17, 15) is 14.4 Å². The molecule has 1 fully saturated rings. The number of likely N-dealkylation sites (tertiary alicyclic amines) is 1. The molecule has 10 nitrogen and oxygen atoms in total. The third-order valence-electron chi connectivity index (χ3n) is 5.82. The maximum absolute atomic E-state index is 13.1. The van der Waals surface area contributed by atoms with E-state index in [1.807, 2.05) is 11.8 Å². The predicted molar refractivity (Wildman–Crippen MR) is 111 cm³/mol. The van der Waals surface area contributed by atoms with Gasteiger partial charge in [0.2, 0.25) is 0 Å². The van der Waals surface area contributed by atoms with Gasteiger partial charge in [0.1, 0.15) is 0 Å². The molecule has 0 atom stereocenters. The van der Waals surface area contributed by atoms with E-state index in [0.717, 1.165) is 37.2 Å². The third kappa shape index (κ3) is 4.23. The van der Waals surface area contributed by atoms with Crippen molar-refractivity contribution in [3.05, 3.63) is 39.5 Å². The van der Waals surface area contributed by atoms with Gasteiger partial charge in [-0.15, -0.1) is 0 Å². The highest BCUT2D eigenvalue weighted by Crippen LogP contribution is 2.26. The van der Waals surface area contributed by atoms with E-state index < -0.39 is 0 Å². The normalized spacial score (nSPS) is 15.2. The fourth-order valence-electron chi connectivity index (χ4n) is 4.32. The van der Waals surface area contributed by atoms with E-state index in [-0.39, 0.29) is 24.1 Å². The average Bonchev–Trinajstić information content (AvgIpc) is 3.46. The Morgan fingerprint density at radius 2 is 1.71 bits per heavy atom. The van der Waals surface area contributed by atoms with Gasteiger partial charge in [-0.25, -0.2) is 0 Å². The molecule has 4 rings (SSSR count). The maximum Gasteiger partial charge on any atom is 0.290 e. The van der Waals surface area contributed by atoms with Gasteiger partial charge in [-0.05, 0) is 38.7 Å². The van der Waals surface area contributed by atoms with Crippen molar-refractivity contribution in [1.82, 2.24) is 25.0 Å². The Bertz CT molecular complexity index is 1020. The number of aromatic nitrogens is 3. The highest BCUT2D eigenvalue weighted by atomic mass is 16.3. The molecule has 2 aromatic heterocycles. The molecule has 2 aromatic rings. The Labute approximate surface area is 179 Å². The zero-order chi connectivity index (χ0) is 22.7. The van der Waals surface area contributed by atoms with Crippen LogP contribution in [0.15, 0.2) is 0 Å². The minimum Gasteiger partial charge on any atom is -0.483 e. The summed E-state index contributed by atoms with van der Waals surface area (Å²) < 4.78 is 0. The highest BCUT2D eigenvalue weighted by Gasteiger charge is 2.32. The Hall–Kier alpha value is -3.43. The molecule has 166 valence electrons. The number of aryl methyl sites for hydroxylation is 1. The summed E-state index contributed by atoms with van der Waals surface area (Å²) in [5.41, 5.74) is 4.67. The SMILES string of the molecule is CC(=O)c1[nH]c(C)c(C(=O)N2CCc3c(C(=O)N4CCCC4)n[nH]c3C2)c1C.O=CO. The number of Topliss-reactive ketones (excluding diaryl/α,β-unsaturated/α-hetero) is 1. The molecule has 0 radical (unpaired) electrons. The van der Waals surface area contributed by atoms with E-state index in [4.69, 9.17) is 9.90 Å². The van der Waals surface area contributed by atoms with Crippen LogP contribution in [0.1, 0.15) is 73.6 Å². The average molecular weight is 429 g/mol. The first kappa shape index (κ1) is 22.3. The van der Waals surface area contributed by atoms with Crippen molar-refractivity contribution < 1.29 is 24.3 Å². The summed E-state index contributed by atoms with van der Waals surface area (Å²) in [5, 5.41) is 14.1. The first-order valence-electron chi connectivity index (χ1n) is 10.2. The largest absolute Gasteiger partial charge is 0.483 e. The van der Waals surface area contributed by atoms with Crippen molar-refractivity contribution in [2.45, 2.75) is 46.6 Å². The predicted octanol–water partition coefficient (Wildman–Crippen LogP) is 1.69. The molecule has 2 aliphatic heterocycles. The minimum atomic E-state index is -0.250. The minimum absolute atomic E-state index is 0.0156. The molecule has 3 N–H and O–H groups in total. The molecule has 10 heteroatoms. The van der Waals surface area contributed by atoms with Gasteiger partial charge in [-0.1, -0.05) is 0 Å². The highest BCUT2D eigenvalue weighted by molar-refractivity contribution is 6.02. The number of carboxylic acid groups (broad SMARTS) is 1. The molecule has 0 spiro atoms. The molecule has 0 bridgehead atoms. The van der Waals surface area contributed by atoms with Crippen LogP contribution in [0.3, 0.4) is 0 Å². The third-order valence-corrected chi connectivity index (χ3v) is 5.82. The fraction of sp³-hybridized carbons (Fsp3) is 0.476. The number of nitrogens with zero attached hydrogens (tertiary/aromatic N) is 3. The number of amides is 2. The molecule has 0 saturated carbocycles. The van der Waals surface area contributed by atoms with Crippen LogP contribution in [0.25, 0.3) is 0 Å². The maximum atomic E-state index is 13.1. The number of nitrogens with one attached hydrogen (secondary N) is 2. The fourth-order valence-corrected chi connectivity index (χ4v) is 4.32. The van der Waals surface area contributed by atoms with Gasteiger partial charge in [-0.2, -0.15) is 5.10 Å². The van der Waals surface area contributed by atoms with Crippen LogP contribution in [0, 0.1) is 13.8 Å². The second kappa shape index (κ2) is 9.15. The van der Waals surface area contributed by atoms with E-state index in [2.05, 4.69) is 15.2 Å². The Morgan fingerprint density at radius 3 is 2.29 bits per heavy atom. The number of carbonyl (C=O) groups excluding carboxylic acids is 3. The van der Waals surface area contributed by atoms with E-state index in [1.54, 1.807) is 11.8 Å². The Balaban J connectivity index is 0.000000858. The summed E-state index contributed by atoms with van der Waals surface area (Å²) in [7, 11) is 0. The lowest BCUT2D eigenvalue weighted by Gasteiger charge is -2.27. The van der Waals surface area contributed by atoms with Gasteiger partial charge in [0.05, 0.1) is 23.5 Å². The monoisotopic (exact) mass is 429 g/mol. The number of rotatable bonds is 3. The summed E-state index contributed by atoms with van der Waals surface area (Å²) in [6, 6.07) is 0. The van der Waals surface area contributed by atoms with Crippen molar-refractivity contribution >= 4 is 24.1 Å². The van der Waals surface area contributed by atoms with Gasteiger partial charge in [0.25, 0.3) is 18.3 Å². The number of hydrogen-bond acceptors (Lipinski definition) is 5. The molecule has 0 aliphatic carbocycles. The van der Waals surface area contributed by atoms with Crippen molar-refractivity contribution in [2.24, 2.45) is 0 Å². The van der Waals surface area contributed by atoms with Crippen molar-refractivity contribution in [3.63, 3.8) is 0 Å². The van der Waals surface area contributed by atoms with Crippen molar-refractivity contribution in [2.75, 3.05) is 19.6 Å². The molecular formula is C21H27N5O5. The van der Waals surface area contributed by atoms with Gasteiger partial charge in [0.15, 0.2) is 11.5 Å². The standard InChI is InChI=1S/C20H25N5O3.CH2O2/c1-11-16(12(2)21-17(11)13(3)26)19(27)25-9-6-14-15(10-25)22-23-18(14)20(28)24-7-4-5-8-24;2-1-3/h21H,4-10H2,1-3H3,(H,22,23);1H,(H,2,3). The molecule has 0 aromatic carbocycles. The quantitative estimate of drug-likeness (QED) is 0.501. The van der Waals surface area contributed by atoms with Crippen LogP contribution in [0.4, 0.5) is 0 Å². The molecular weight excluding hydrogens is 402 g/mol. The van der Waals surface area contributed by atoms with Crippen LogP contribution >= 0.6 is 0 Å². The van der Waals surface area contributed by atoms with Crippen molar-refractivity contribution in [3.8, 4) is 0 Å². The first-order valence-corrected chi connectivity index (χ1v) is 10.2. The van der Waals surface area contributed by atoms with Gasteiger partial charge in [-0.3, -0.25) is 24.3 Å². The molecule has 31 heavy (non-hydrogen) atoms. The summed E-state index contributed by atoms with van der Waals surface area (Å²) in [4.78, 5) is 52.6. The second-order valence-corrected chi connectivity index (χ2v) is 7.79. The van der Waals surface area contributed by atoms with E-state index in [0.29, 0.717) is 47.7 Å². The lowest BCUT2D eigenvalue weighted by molar-refractivity contribution is -0.122. The van der Waals surface area contributed by atoms with E-state index >= 15 is 0 Å². The van der Waals surface area contributed by atoms with Gasteiger partial charge >= 0.3 is 0 Å². The number of hydrogen-bond donors (Lipinski definition) is 3. The zero-order valence-corrected chi connectivity index (χ0v) is 17.9. The number of ketones is 1. The van der Waals surface area contributed by atoms with Crippen LogP contribution in [-0.2, 0) is 17.8 Å². The number of carbonyl (C=O) groups is 4. The Morgan fingerprint density at radius 1 is 1.06 bits per heavy atom. The number of fused-ring (bicyclic) bond motifs is 1. The summed E-state index contributed by atoms with van der Waals surface area (Å²) in [6.45, 7) is 7.32. The topological polar surface area (TPSA) is 139 Å². The molecule has 2 aliphatic rings. The smallest absolute Gasteiger partial charge is 0.290 e.